The molecule has 0 radical (unpaired) electrons. The third kappa shape index (κ3) is 2.90. The predicted octanol–water partition coefficient (Wildman–Crippen LogP) is 3.19. The fraction of sp³-hybridized carbons (Fsp3) is 0.0833. The number of carbonyl (C=O) groups excluding carboxylic acids is 2. The Labute approximate surface area is 177 Å². The van der Waals surface area contributed by atoms with Gasteiger partial charge in [-0.25, -0.2) is 4.98 Å². The summed E-state index contributed by atoms with van der Waals surface area (Å²) in [4.78, 5) is 45.0. The number of carbonyl (C=O) groups is 2. The van der Waals surface area contributed by atoms with Gasteiger partial charge in [-0.2, -0.15) is 0 Å². The topological polar surface area (TPSA) is 81.5 Å². The molecule has 0 bridgehead atoms. The standard InChI is InChI=1S/C24H17N3O4/c1-31-20-13-7-6-12-19(20)27-21(25-18-11-5-4-10-17(18)24(27)30)14-26-22(28)15-8-2-3-9-16(15)23(26)29/h2-13H,14H2,1H3. The minimum atomic E-state index is -0.408. The summed E-state index contributed by atoms with van der Waals surface area (Å²) in [5.41, 5.74) is 1.37. The van der Waals surface area contributed by atoms with Gasteiger partial charge >= 0.3 is 0 Å². The molecule has 3 aromatic carbocycles. The number of rotatable bonds is 4. The molecule has 5 rings (SSSR count). The summed E-state index contributed by atoms with van der Waals surface area (Å²) in [5, 5.41) is 0.430. The van der Waals surface area contributed by atoms with E-state index in [4.69, 9.17) is 4.74 Å². The maximum Gasteiger partial charge on any atom is 0.266 e. The molecule has 2 heterocycles. The Morgan fingerprint density at radius 1 is 0.806 bits per heavy atom. The van der Waals surface area contributed by atoms with Crippen LogP contribution in [0.4, 0.5) is 0 Å². The number of para-hydroxylation sites is 3. The van der Waals surface area contributed by atoms with Crippen molar-refractivity contribution in [1.82, 2.24) is 14.5 Å². The first-order chi connectivity index (χ1) is 15.1. The van der Waals surface area contributed by atoms with Gasteiger partial charge in [0, 0.05) is 0 Å². The van der Waals surface area contributed by atoms with Crippen molar-refractivity contribution in [3.8, 4) is 11.4 Å². The Kier molecular flexibility index (Phi) is 4.36. The highest BCUT2D eigenvalue weighted by atomic mass is 16.5. The average molecular weight is 411 g/mol. The molecule has 152 valence electrons. The fourth-order valence-electron chi connectivity index (χ4n) is 3.87. The molecule has 1 aliphatic rings. The molecule has 4 aromatic rings. The number of amides is 2. The van der Waals surface area contributed by atoms with Crippen molar-refractivity contribution in [3.63, 3.8) is 0 Å². The maximum atomic E-state index is 13.5. The van der Waals surface area contributed by atoms with Crippen molar-refractivity contribution in [2.45, 2.75) is 6.54 Å². The first-order valence-electron chi connectivity index (χ1n) is 9.69. The van der Waals surface area contributed by atoms with Crippen LogP contribution in [-0.4, -0.2) is 33.4 Å². The summed E-state index contributed by atoms with van der Waals surface area (Å²) < 4.78 is 6.86. The molecule has 7 heteroatoms. The van der Waals surface area contributed by atoms with Gasteiger partial charge < -0.3 is 4.74 Å². The SMILES string of the molecule is COc1ccccc1-n1c(CN2C(=O)c3ccccc3C2=O)nc2ccccc2c1=O. The van der Waals surface area contributed by atoms with Crippen molar-refractivity contribution >= 4 is 22.7 Å². The van der Waals surface area contributed by atoms with E-state index in [1.54, 1.807) is 72.8 Å². The number of imide groups is 1. The molecule has 0 spiro atoms. The van der Waals surface area contributed by atoms with E-state index in [-0.39, 0.29) is 17.9 Å². The summed E-state index contributed by atoms with van der Waals surface area (Å²) in [7, 11) is 1.52. The van der Waals surface area contributed by atoms with Gasteiger partial charge in [0.05, 0.1) is 41.4 Å². The van der Waals surface area contributed by atoms with Crippen molar-refractivity contribution in [2.24, 2.45) is 0 Å². The highest BCUT2D eigenvalue weighted by molar-refractivity contribution is 6.21. The van der Waals surface area contributed by atoms with Gasteiger partial charge in [0.15, 0.2) is 0 Å². The maximum absolute atomic E-state index is 13.5. The molecular formula is C24H17N3O4. The molecule has 0 saturated heterocycles. The van der Waals surface area contributed by atoms with E-state index in [1.165, 1.54) is 11.7 Å². The summed E-state index contributed by atoms with van der Waals surface area (Å²) in [6.07, 6.45) is 0. The minimum absolute atomic E-state index is 0.148. The Balaban J connectivity index is 1.71. The van der Waals surface area contributed by atoms with Gasteiger partial charge in [0.2, 0.25) is 0 Å². The van der Waals surface area contributed by atoms with E-state index in [0.29, 0.717) is 33.5 Å². The zero-order valence-electron chi connectivity index (χ0n) is 16.6. The molecule has 0 atom stereocenters. The molecule has 1 aromatic heterocycles. The van der Waals surface area contributed by atoms with Crippen molar-refractivity contribution in [1.29, 1.82) is 0 Å². The molecule has 0 unspecified atom stereocenters. The summed E-state index contributed by atoms with van der Waals surface area (Å²) in [6.45, 7) is -0.148. The Bertz CT molecular complexity index is 1390. The van der Waals surface area contributed by atoms with Gasteiger partial charge in [-0.3, -0.25) is 23.9 Å². The van der Waals surface area contributed by atoms with Gasteiger partial charge in [-0.15, -0.1) is 0 Å². The molecule has 7 nitrogen and oxygen atoms in total. The molecule has 0 saturated carbocycles. The van der Waals surface area contributed by atoms with Crippen LogP contribution in [0.1, 0.15) is 26.5 Å². The minimum Gasteiger partial charge on any atom is -0.495 e. The van der Waals surface area contributed by atoms with Crippen molar-refractivity contribution < 1.29 is 14.3 Å². The summed E-state index contributed by atoms with van der Waals surface area (Å²) >= 11 is 0. The third-order valence-corrected chi connectivity index (χ3v) is 5.35. The lowest BCUT2D eigenvalue weighted by Crippen LogP contribution is -2.34. The Morgan fingerprint density at radius 3 is 2.13 bits per heavy atom. The zero-order valence-corrected chi connectivity index (χ0v) is 16.6. The van der Waals surface area contributed by atoms with Gasteiger partial charge in [-0.05, 0) is 36.4 Å². The first kappa shape index (κ1) is 18.7. The van der Waals surface area contributed by atoms with Crippen LogP contribution in [0.5, 0.6) is 5.75 Å². The van der Waals surface area contributed by atoms with Crippen LogP contribution in [0.25, 0.3) is 16.6 Å². The van der Waals surface area contributed by atoms with Gasteiger partial charge in [-0.1, -0.05) is 36.4 Å². The summed E-state index contributed by atoms with van der Waals surface area (Å²) in [6, 6.07) is 20.7. The van der Waals surface area contributed by atoms with E-state index < -0.39 is 11.8 Å². The first-order valence-corrected chi connectivity index (χ1v) is 9.69. The van der Waals surface area contributed by atoms with Gasteiger partial charge in [0.1, 0.15) is 11.6 Å². The van der Waals surface area contributed by atoms with Crippen LogP contribution in [-0.2, 0) is 6.54 Å². The second-order valence-electron chi connectivity index (χ2n) is 7.10. The van der Waals surface area contributed by atoms with Crippen LogP contribution in [0.2, 0.25) is 0 Å². The predicted molar refractivity (Wildman–Crippen MR) is 115 cm³/mol. The fourth-order valence-corrected chi connectivity index (χ4v) is 3.87. The number of fused-ring (bicyclic) bond motifs is 2. The monoisotopic (exact) mass is 411 g/mol. The number of hydrogen-bond donors (Lipinski definition) is 0. The third-order valence-electron chi connectivity index (χ3n) is 5.35. The number of benzene rings is 3. The molecule has 0 N–H and O–H groups in total. The van der Waals surface area contributed by atoms with Crippen LogP contribution >= 0.6 is 0 Å². The largest absolute Gasteiger partial charge is 0.495 e. The van der Waals surface area contributed by atoms with Crippen LogP contribution in [0, 0.1) is 0 Å². The van der Waals surface area contributed by atoms with Crippen molar-refractivity contribution in [2.75, 3.05) is 7.11 Å². The number of methoxy groups -OCH3 is 1. The molecule has 1 aliphatic heterocycles. The second-order valence-corrected chi connectivity index (χ2v) is 7.10. The molecule has 0 aliphatic carbocycles. The van der Waals surface area contributed by atoms with Gasteiger partial charge in [0.25, 0.3) is 17.4 Å². The normalized spacial score (nSPS) is 13.0. The van der Waals surface area contributed by atoms with Crippen LogP contribution < -0.4 is 10.3 Å². The van der Waals surface area contributed by atoms with Crippen molar-refractivity contribution in [3.05, 3.63) is 100 Å². The number of aromatic nitrogens is 2. The van der Waals surface area contributed by atoms with E-state index in [2.05, 4.69) is 4.98 Å². The van der Waals surface area contributed by atoms with E-state index in [1.807, 2.05) is 0 Å². The van der Waals surface area contributed by atoms with E-state index in [0.717, 1.165) is 4.90 Å². The zero-order chi connectivity index (χ0) is 21.5. The Morgan fingerprint density at radius 2 is 1.42 bits per heavy atom. The number of nitrogens with zero attached hydrogens (tertiary/aromatic N) is 3. The van der Waals surface area contributed by atoms with E-state index >= 15 is 0 Å². The lowest BCUT2D eigenvalue weighted by molar-refractivity contribution is 0.0637. The van der Waals surface area contributed by atoms with Crippen LogP contribution in [0.15, 0.2) is 77.6 Å². The number of ether oxygens (including phenoxy) is 1. The lowest BCUT2D eigenvalue weighted by Gasteiger charge is -2.19. The molecule has 31 heavy (non-hydrogen) atoms. The molecule has 0 fully saturated rings. The summed E-state index contributed by atoms with van der Waals surface area (Å²) in [5.74, 6) is -0.0721. The number of hydrogen-bond acceptors (Lipinski definition) is 5. The highest BCUT2D eigenvalue weighted by Gasteiger charge is 2.36. The average Bonchev–Trinajstić information content (AvgIpc) is 3.04. The second kappa shape index (κ2) is 7.21. The smallest absolute Gasteiger partial charge is 0.266 e. The highest BCUT2D eigenvalue weighted by Crippen LogP contribution is 2.27. The van der Waals surface area contributed by atoms with Crippen LogP contribution in [0.3, 0.4) is 0 Å². The van der Waals surface area contributed by atoms with E-state index in [9.17, 15) is 14.4 Å². The lowest BCUT2D eigenvalue weighted by atomic mass is 10.1. The molecule has 2 amide bonds. The Hall–Kier alpha value is -4.26. The molecular weight excluding hydrogens is 394 g/mol. The quantitative estimate of drug-likeness (QED) is 0.482.